The topological polar surface area (TPSA) is 220 Å². The van der Waals surface area contributed by atoms with E-state index in [-0.39, 0.29) is 14.9 Å². The molecular weight excluding hydrogens is 1430 g/mol. The van der Waals surface area contributed by atoms with Crippen LogP contribution in [-0.4, -0.2) is 35.8 Å². The van der Waals surface area contributed by atoms with Gasteiger partial charge >= 0.3 is 24.9 Å². The summed E-state index contributed by atoms with van der Waals surface area (Å²) >= 11 is 1.53. The van der Waals surface area contributed by atoms with E-state index < -0.39 is 140 Å². The van der Waals surface area contributed by atoms with E-state index in [0.717, 1.165) is 169 Å². The molecule has 21 nitrogen and oxygen atoms in total. The SMILES string of the molecule is CS(=O)(=O)c1ccc(N(N(c2ccccc2[N+](=O)[O-])N(Nc2ccc([N+](=O)[O-])cc2)c2cccc([N+](=O)[O-])c2)N(c2ccc(OC(F)(F)F)cc2)N(c2ccc(C(F)(F)F)cc2)N(c2cccc(C(F)(F)F)c2)N(Nc2ccc(F)cc2I)c2ccccc2C(F)(F)F)cc1. The molecule has 9 rings (SSSR count). The predicted octanol–water partition coefficient (Wildman–Crippen LogP) is 16.9. The van der Waals surface area contributed by atoms with E-state index in [2.05, 4.69) is 15.6 Å². The van der Waals surface area contributed by atoms with E-state index in [1.165, 1.54) is 22.6 Å². The Hall–Kier alpha value is -11.1. The molecule has 0 aliphatic carbocycles. The Morgan fingerprint density at radius 1 is 0.453 bits per heavy atom. The van der Waals surface area contributed by atoms with Crippen molar-refractivity contribution >= 4 is 101 Å². The summed E-state index contributed by atoms with van der Waals surface area (Å²) in [5.74, 6) is -2.00. The first kappa shape index (κ1) is 68.3. The maximum atomic E-state index is 16.0. The maximum Gasteiger partial charge on any atom is 0.573 e. The third-order valence-corrected chi connectivity index (χ3v) is 15.2. The molecule has 0 radical (unpaired) electrons. The fourth-order valence-corrected chi connectivity index (χ4v) is 10.3. The van der Waals surface area contributed by atoms with E-state index >= 15 is 30.7 Å². The molecule has 0 spiro atoms. The smallest absolute Gasteiger partial charge is 0.406 e. The summed E-state index contributed by atoms with van der Waals surface area (Å²) in [6, 6.07) is 28.5. The molecule has 0 amide bonds. The van der Waals surface area contributed by atoms with Gasteiger partial charge in [0.1, 0.15) is 11.6 Å². The third-order valence-electron chi connectivity index (χ3n) is 13.2. The van der Waals surface area contributed by atoms with Crippen molar-refractivity contribution in [3.05, 3.63) is 269 Å². The summed E-state index contributed by atoms with van der Waals surface area (Å²) in [4.78, 5) is 35.2. The molecule has 0 atom stereocenters. The summed E-state index contributed by atoms with van der Waals surface area (Å²) < 4.78 is 227. The number of nitrogens with one attached hydrogen (secondary N) is 2. The average Bonchev–Trinajstić information content (AvgIpc) is 0.734. The molecule has 9 aromatic rings. The van der Waals surface area contributed by atoms with E-state index in [1.807, 2.05) is 0 Å². The lowest BCUT2D eigenvalue weighted by Crippen LogP contribution is -2.72. The van der Waals surface area contributed by atoms with Gasteiger partial charge in [-0.1, -0.05) is 36.4 Å². The Labute approximate surface area is 540 Å². The number of hydrazine groups is 8. The first-order chi connectivity index (χ1) is 44.6. The molecule has 0 bridgehead atoms. The molecule has 0 aliphatic heterocycles. The van der Waals surface area contributed by atoms with Crippen molar-refractivity contribution < 1.29 is 85.0 Å². The second-order valence-corrected chi connectivity index (χ2v) is 22.8. The van der Waals surface area contributed by atoms with Gasteiger partial charge < -0.3 is 4.74 Å². The predicted molar refractivity (Wildman–Crippen MR) is 330 cm³/mol. The number of benzene rings is 9. The van der Waals surface area contributed by atoms with E-state index in [9.17, 15) is 65.1 Å². The maximum absolute atomic E-state index is 16.0. The first-order valence-electron chi connectivity index (χ1n) is 26.5. The summed E-state index contributed by atoms with van der Waals surface area (Å²) in [5.41, 5.74) is -7.72. The number of nitro groups is 3. The Bertz CT molecular complexity index is 4410. The quantitative estimate of drug-likeness (QED) is 0.0279. The van der Waals surface area contributed by atoms with Crippen molar-refractivity contribution in [3.8, 4) is 5.75 Å². The molecule has 0 saturated heterocycles. The number of halogens is 14. The van der Waals surface area contributed by atoms with Gasteiger partial charge in [0.05, 0.1) is 81.9 Å². The number of hydrogen-bond donors (Lipinski definition) is 2. The van der Waals surface area contributed by atoms with Crippen LogP contribution in [0.2, 0.25) is 0 Å². The van der Waals surface area contributed by atoms with Gasteiger partial charge in [-0.15, -0.1) is 18.3 Å². The number of para-hydroxylation sites is 3. The van der Waals surface area contributed by atoms with Gasteiger partial charge in [0.15, 0.2) is 15.5 Å². The van der Waals surface area contributed by atoms with Crippen LogP contribution in [0, 0.1) is 39.7 Å². The summed E-state index contributed by atoms with van der Waals surface area (Å²) in [6.07, 6.45) is -20.8. The standard InChI is InChI=1S/C59H40F13IN12O9S/c1-95(92,93)49-31-27-43(28-32-49)81(82(54-14-4-5-15-55(54)85(90)91)76(45-9-7-11-47(36-45)84(88)89)74-40-19-23-44(24-20-40)83(86)87)80(42-25-29-48(30-26-42)94-59(70,71)72)79(41-21-16-37(17-22-41)56(61,62)63)78(46-10-6-8-38(34-46)57(64,65)66)77(75-52-33-18-39(60)35-51(52)73)53-13-3-2-12-50(53)58(67,68)69/h2-36,74-75H,1H3. The van der Waals surface area contributed by atoms with Crippen LogP contribution < -0.4 is 51.4 Å². The van der Waals surface area contributed by atoms with Crippen molar-refractivity contribution in [2.75, 3.05) is 52.9 Å². The molecule has 0 aromatic heterocycles. The number of rotatable bonds is 22. The van der Waals surface area contributed by atoms with Gasteiger partial charge in [0.2, 0.25) is 0 Å². The monoisotopic (exact) mass is 1470 g/mol. The highest BCUT2D eigenvalue weighted by Crippen LogP contribution is 2.46. The molecule has 9 aromatic carbocycles. The van der Waals surface area contributed by atoms with Crippen LogP contribution >= 0.6 is 22.6 Å². The van der Waals surface area contributed by atoms with Crippen LogP contribution in [-0.2, 0) is 28.4 Å². The van der Waals surface area contributed by atoms with Crippen molar-refractivity contribution in [2.24, 2.45) is 0 Å². The third kappa shape index (κ3) is 15.9. The molecule has 0 heterocycles. The zero-order valence-electron chi connectivity index (χ0n) is 47.6. The van der Waals surface area contributed by atoms with Crippen LogP contribution in [0.15, 0.2) is 217 Å². The Kier molecular flexibility index (Phi) is 19.3. The number of non-ortho nitro benzene ring substituents is 2. The van der Waals surface area contributed by atoms with Crippen LogP contribution in [0.25, 0.3) is 0 Å². The molecule has 0 unspecified atom stereocenters. The molecule has 95 heavy (non-hydrogen) atoms. The van der Waals surface area contributed by atoms with Gasteiger partial charge in [-0.05, 0) is 168 Å². The van der Waals surface area contributed by atoms with Crippen LogP contribution in [0.1, 0.15) is 16.7 Å². The van der Waals surface area contributed by atoms with Crippen molar-refractivity contribution in [1.29, 1.82) is 0 Å². The highest BCUT2D eigenvalue weighted by molar-refractivity contribution is 14.1. The first-order valence-corrected chi connectivity index (χ1v) is 29.5. The fraction of sp³-hybridized carbons (Fsp3) is 0.0847. The Morgan fingerprint density at radius 3 is 1.53 bits per heavy atom. The average molecular weight is 1470 g/mol. The normalized spacial score (nSPS) is 11.9. The number of alkyl halides is 12. The molecular formula is C59H40F13IN12O9S. The van der Waals surface area contributed by atoms with Gasteiger partial charge in [0, 0.05) is 40.2 Å². The minimum atomic E-state index is -5.49. The van der Waals surface area contributed by atoms with Gasteiger partial charge in [0.25, 0.3) is 17.1 Å². The molecule has 36 heteroatoms. The minimum Gasteiger partial charge on any atom is -0.406 e. The van der Waals surface area contributed by atoms with Crippen molar-refractivity contribution in [2.45, 2.75) is 29.8 Å². The van der Waals surface area contributed by atoms with Gasteiger partial charge in [-0.2, -0.15) is 70.2 Å². The second kappa shape index (κ2) is 26.9. The number of sulfone groups is 1. The lowest BCUT2D eigenvalue weighted by molar-refractivity contribution is -0.385. The van der Waals surface area contributed by atoms with Crippen molar-refractivity contribution in [1.82, 2.24) is 0 Å². The van der Waals surface area contributed by atoms with E-state index in [4.69, 9.17) is 0 Å². The number of nitro benzene ring substituents is 3. The lowest BCUT2D eigenvalue weighted by atomic mass is 10.1. The number of hydrogen-bond acceptors (Lipinski definition) is 18. The Morgan fingerprint density at radius 2 is 0.979 bits per heavy atom. The van der Waals surface area contributed by atoms with E-state index in [0.29, 0.717) is 85.3 Å². The second-order valence-electron chi connectivity index (χ2n) is 19.7. The Balaban J connectivity index is 1.57. The minimum absolute atomic E-state index is 0.181. The highest BCUT2D eigenvalue weighted by atomic mass is 127. The van der Waals surface area contributed by atoms with Crippen LogP contribution in [0.5, 0.6) is 5.75 Å². The van der Waals surface area contributed by atoms with Crippen LogP contribution in [0.3, 0.4) is 0 Å². The number of nitrogens with zero attached hydrogens (tertiary/aromatic N) is 10. The zero-order valence-corrected chi connectivity index (χ0v) is 50.5. The zero-order chi connectivity index (χ0) is 69.1. The van der Waals surface area contributed by atoms with Crippen LogP contribution in [0.4, 0.5) is 125 Å². The van der Waals surface area contributed by atoms with Gasteiger partial charge in [-0.25, -0.2) is 12.8 Å². The fourth-order valence-electron chi connectivity index (χ4n) is 9.03. The highest BCUT2D eigenvalue weighted by Gasteiger charge is 2.45. The number of anilines is 9. The van der Waals surface area contributed by atoms with Crippen molar-refractivity contribution in [3.63, 3.8) is 0 Å². The lowest BCUT2D eigenvalue weighted by Gasteiger charge is -2.55. The summed E-state index contributed by atoms with van der Waals surface area (Å²) in [6.45, 7) is 0. The molecule has 0 fully saturated rings. The van der Waals surface area contributed by atoms with E-state index in [1.54, 1.807) is 0 Å². The molecule has 0 aliphatic rings. The molecule has 2 N–H and O–H groups in total. The van der Waals surface area contributed by atoms with Gasteiger partial charge in [-0.3, -0.25) is 41.2 Å². The largest absolute Gasteiger partial charge is 0.573 e. The number of ether oxygens (including phenoxy) is 1. The molecule has 494 valence electrons. The summed E-state index contributed by atoms with van der Waals surface area (Å²) in [7, 11) is -4.29. The molecule has 0 saturated carbocycles. The summed E-state index contributed by atoms with van der Waals surface area (Å²) in [5, 5.41) is 42.4.